The SMILES string of the molecule is CNc1cc(C(=O)Nc2ccc(Cl)c(Cl)c2)cc(C)n1. The number of pyridine rings is 1. The molecular weight excluding hydrogens is 297 g/mol. The minimum atomic E-state index is -0.231. The third-order valence-corrected chi connectivity index (χ3v) is 3.39. The van der Waals surface area contributed by atoms with Crippen LogP contribution in [0.15, 0.2) is 30.3 Å². The van der Waals surface area contributed by atoms with Crippen molar-refractivity contribution in [1.29, 1.82) is 0 Å². The molecular formula is C14H13Cl2N3O. The predicted octanol–water partition coefficient (Wildman–Crippen LogP) is 3.99. The molecule has 1 heterocycles. The molecule has 1 aromatic heterocycles. The van der Waals surface area contributed by atoms with Gasteiger partial charge in [-0.05, 0) is 37.3 Å². The molecule has 4 nitrogen and oxygen atoms in total. The summed E-state index contributed by atoms with van der Waals surface area (Å²) in [4.78, 5) is 16.4. The van der Waals surface area contributed by atoms with E-state index >= 15 is 0 Å². The monoisotopic (exact) mass is 309 g/mol. The summed E-state index contributed by atoms with van der Waals surface area (Å²) < 4.78 is 0. The topological polar surface area (TPSA) is 54.0 Å². The fourth-order valence-electron chi connectivity index (χ4n) is 1.70. The first-order valence-corrected chi connectivity index (χ1v) is 6.68. The Kier molecular flexibility index (Phi) is 4.47. The van der Waals surface area contributed by atoms with Crippen LogP contribution >= 0.6 is 23.2 Å². The van der Waals surface area contributed by atoms with E-state index in [2.05, 4.69) is 15.6 Å². The highest BCUT2D eigenvalue weighted by Crippen LogP contribution is 2.25. The first-order valence-electron chi connectivity index (χ1n) is 5.92. The van der Waals surface area contributed by atoms with E-state index in [0.29, 0.717) is 27.1 Å². The molecule has 0 aliphatic carbocycles. The number of nitrogens with one attached hydrogen (secondary N) is 2. The molecule has 0 fully saturated rings. The van der Waals surface area contributed by atoms with Crippen molar-refractivity contribution >= 4 is 40.6 Å². The number of halogens is 2. The molecule has 1 aromatic carbocycles. The van der Waals surface area contributed by atoms with E-state index in [4.69, 9.17) is 23.2 Å². The largest absolute Gasteiger partial charge is 0.373 e. The Balaban J connectivity index is 2.23. The van der Waals surface area contributed by atoms with Crippen molar-refractivity contribution < 1.29 is 4.79 Å². The fourth-order valence-corrected chi connectivity index (χ4v) is 2.00. The Bertz CT molecular complexity index is 659. The zero-order valence-corrected chi connectivity index (χ0v) is 12.5. The molecule has 0 aliphatic rings. The molecule has 2 rings (SSSR count). The Hall–Kier alpha value is -1.78. The van der Waals surface area contributed by atoms with Gasteiger partial charge in [-0.1, -0.05) is 23.2 Å². The van der Waals surface area contributed by atoms with E-state index in [1.807, 2.05) is 6.92 Å². The lowest BCUT2D eigenvalue weighted by atomic mass is 10.2. The summed E-state index contributed by atoms with van der Waals surface area (Å²) >= 11 is 11.7. The lowest BCUT2D eigenvalue weighted by Crippen LogP contribution is -2.13. The third kappa shape index (κ3) is 3.40. The standard InChI is InChI=1S/C14H13Cl2N3O/c1-8-5-9(6-13(17-2)18-8)14(20)19-10-3-4-11(15)12(16)7-10/h3-7H,1-2H3,(H,17,18)(H,19,20). The van der Waals surface area contributed by atoms with Gasteiger partial charge in [0.15, 0.2) is 0 Å². The molecule has 0 saturated heterocycles. The average molecular weight is 310 g/mol. The Morgan fingerprint density at radius 3 is 2.55 bits per heavy atom. The van der Waals surface area contributed by atoms with E-state index in [1.165, 1.54) is 0 Å². The normalized spacial score (nSPS) is 10.2. The van der Waals surface area contributed by atoms with E-state index in [-0.39, 0.29) is 5.91 Å². The minimum absolute atomic E-state index is 0.231. The number of nitrogens with zero attached hydrogens (tertiary/aromatic N) is 1. The number of rotatable bonds is 3. The lowest BCUT2D eigenvalue weighted by Gasteiger charge is -2.08. The van der Waals surface area contributed by atoms with Crippen LogP contribution in [0.2, 0.25) is 10.0 Å². The second kappa shape index (κ2) is 6.11. The highest BCUT2D eigenvalue weighted by atomic mass is 35.5. The van der Waals surface area contributed by atoms with Crippen molar-refractivity contribution in [2.75, 3.05) is 17.7 Å². The van der Waals surface area contributed by atoms with Gasteiger partial charge in [-0.15, -0.1) is 0 Å². The maximum absolute atomic E-state index is 12.2. The van der Waals surface area contributed by atoms with Gasteiger partial charge in [-0.25, -0.2) is 4.98 Å². The third-order valence-electron chi connectivity index (χ3n) is 2.65. The maximum atomic E-state index is 12.2. The summed E-state index contributed by atoms with van der Waals surface area (Å²) in [6.07, 6.45) is 0. The zero-order chi connectivity index (χ0) is 14.7. The lowest BCUT2D eigenvalue weighted by molar-refractivity contribution is 0.102. The summed E-state index contributed by atoms with van der Waals surface area (Å²) in [5, 5.41) is 6.52. The van der Waals surface area contributed by atoms with Crippen molar-refractivity contribution in [2.45, 2.75) is 6.92 Å². The van der Waals surface area contributed by atoms with Gasteiger partial charge in [0, 0.05) is 24.0 Å². The van der Waals surface area contributed by atoms with Crippen molar-refractivity contribution in [3.05, 3.63) is 51.6 Å². The number of carbonyl (C=O) groups excluding carboxylic acids is 1. The van der Waals surface area contributed by atoms with Crippen LogP contribution < -0.4 is 10.6 Å². The number of benzene rings is 1. The van der Waals surface area contributed by atoms with Crippen molar-refractivity contribution in [3.63, 3.8) is 0 Å². The quantitative estimate of drug-likeness (QED) is 0.901. The molecule has 0 bridgehead atoms. The van der Waals surface area contributed by atoms with Gasteiger partial charge < -0.3 is 10.6 Å². The van der Waals surface area contributed by atoms with Crippen LogP contribution in [-0.2, 0) is 0 Å². The maximum Gasteiger partial charge on any atom is 0.255 e. The van der Waals surface area contributed by atoms with Crippen LogP contribution in [0.1, 0.15) is 16.1 Å². The van der Waals surface area contributed by atoms with Crippen molar-refractivity contribution in [3.8, 4) is 0 Å². The van der Waals surface area contributed by atoms with E-state index < -0.39 is 0 Å². The van der Waals surface area contributed by atoms with E-state index in [0.717, 1.165) is 5.69 Å². The molecule has 0 atom stereocenters. The highest BCUT2D eigenvalue weighted by molar-refractivity contribution is 6.42. The first kappa shape index (κ1) is 14.6. The molecule has 0 aliphatic heterocycles. The number of amides is 1. The van der Waals surface area contributed by atoms with Gasteiger partial charge in [0.1, 0.15) is 5.82 Å². The summed E-state index contributed by atoms with van der Waals surface area (Å²) in [6, 6.07) is 8.33. The summed E-state index contributed by atoms with van der Waals surface area (Å²) in [7, 11) is 1.75. The van der Waals surface area contributed by atoms with Crippen molar-refractivity contribution in [1.82, 2.24) is 4.98 Å². The molecule has 0 saturated carbocycles. The number of aryl methyl sites for hydroxylation is 1. The molecule has 0 unspecified atom stereocenters. The van der Waals surface area contributed by atoms with Crippen LogP contribution in [-0.4, -0.2) is 17.9 Å². The Morgan fingerprint density at radius 2 is 1.90 bits per heavy atom. The van der Waals surface area contributed by atoms with Gasteiger partial charge in [0.25, 0.3) is 5.91 Å². The van der Waals surface area contributed by atoms with Gasteiger partial charge in [0.05, 0.1) is 10.0 Å². The van der Waals surface area contributed by atoms with Gasteiger partial charge >= 0.3 is 0 Å². The molecule has 104 valence electrons. The first-order chi connectivity index (χ1) is 9.49. The van der Waals surface area contributed by atoms with Gasteiger partial charge in [-0.3, -0.25) is 4.79 Å². The highest BCUT2D eigenvalue weighted by Gasteiger charge is 2.09. The van der Waals surface area contributed by atoms with Gasteiger partial charge in [0.2, 0.25) is 0 Å². The smallest absolute Gasteiger partial charge is 0.255 e. The van der Waals surface area contributed by atoms with Crippen LogP contribution in [0.4, 0.5) is 11.5 Å². The van der Waals surface area contributed by atoms with Crippen molar-refractivity contribution in [2.24, 2.45) is 0 Å². The molecule has 6 heteroatoms. The second-order valence-corrected chi connectivity index (χ2v) is 5.03. The molecule has 0 spiro atoms. The van der Waals surface area contributed by atoms with Gasteiger partial charge in [-0.2, -0.15) is 0 Å². The fraction of sp³-hybridized carbons (Fsp3) is 0.143. The zero-order valence-electron chi connectivity index (χ0n) is 11.0. The molecule has 0 radical (unpaired) electrons. The number of carbonyl (C=O) groups is 1. The molecule has 20 heavy (non-hydrogen) atoms. The molecule has 2 aromatic rings. The second-order valence-electron chi connectivity index (χ2n) is 4.22. The van der Waals surface area contributed by atoms with Crippen LogP contribution in [0.5, 0.6) is 0 Å². The average Bonchev–Trinajstić information content (AvgIpc) is 2.42. The minimum Gasteiger partial charge on any atom is -0.373 e. The van der Waals surface area contributed by atoms with Crippen LogP contribution in [0, 0.1) is 6.92 Å². The Morgan fingerprint density at radius 1 is 1.15 bits per heavy atom. The molecule has 2 N–H and O–H groups in total. The predicted molar refractivity (Wildman–Crippen MR) is 82.9 cm³/mol. The Labute approximate surface area is 127 Å². The van der Waals surface area contributed by atoms with E-state index in [9.17, 15) is 4.79 Å². The van der Waals surface area contributed by atoms with Crippen LogP contribution in [0.25, 0.3) is 0 Å². The summed E-state index contributed by atoms with van der Waals surface area (Å²) in [6.45, 7) is 1.83. The number of hydrogen-bond donors (Lipinski definition) is 2. The molecule has 1 amide bonds. The number of anilines is 2. The summed E-state index contributed by atoms with van der Waals surface area (Å²) in [5.41, 5.74) is 1.87. The number of hydrogen-bond acceptors (Lipinski definition) is 3. The summed E-state index contributed by atoms with van der Waals surface area (Å²) in [5.74, 6) is 0.412. The number of aromatic nitrogens is 1. The van der Waals surface area contributed by atoms with Crippen LogP contribution in [0.3, 0.4) is 0 Å². The van der Waals surface area contributed by atoms with E-state index in [1.54, 1.807) is 37.4 Å².